The number of nitrogens with zero attached hydrogens (tertiary/aromatic N) is 2. The van der Waals surface area contributed by atoms with Crippen molar-refractivity contribution in [3.63, 3.8) is 0 Å². The van der Waals surface area contributed by atoms with Gasteiger partial charge in [-0.1, -0.05) is 18.2 Å². The summed E-state index contributed by atoms with van der Waals surface area (Å²) in [5.74, 6) is 0.352. The lowest BCUT2D eigenvalue weighted by atomic mass is 9.89. The van der Waals surface area contributed by atoms with Crippen LogP contribution in [0.2, 0.25) is 0 Å². The highest BCUT2D eigenvalue weighted by molar-refractivity contribution is 5.97. The number of nitrogens with two attached hydrogens (primary N) is 1. The molecular formula is C25H31N5O2. The van der Waals surface area contributed by atoms with Crippen LogP contribution < -0.4 is 16.4 Å². The fourth-order valence-electron chi connectivity index (χ4n) is 3.83. The number of nitriles is 1. The maximum atomic E-state index is 13.1. The van der Waals surface area contributed by atoms with Crippen LogP contribution in [0.4, 0.5) is 10.5 Å². The molecule has 7 heteroatoms. The van der Waals surface area contributed by atoms with E-state index in [1.54, 1.807) is 12.1 Å². The minimum atomic E-state index is -0.523. The van der Waals surface area contributed by atoms with Crippen LogP contribution in [0.25, 0.3) is 0 Å². The Hall–Kier alpha value is -3.37. The molecule has 0 aromatic heterocycles. The number of aryl methyl sites for hydroxylation is 1. The maximum absolute atomic E-state index is 13.1. The molecule has 1 fully saturated rings. The van der Waals surface area contributed by atoms with E-state index in [2.05, 4.69) is 16.7 Å². The number of amides is 3. The molecule has 1 aliphatic heterocycles. The van der Waals surface area contributed by atoms with E-state index in [-0.39, 0.29) is 11.9 Å². The average molecular weight is 434 g/mol. The number of carbonyl (C=O) groups is 2. The van der Waals surface area contributed by atoms with Crippen LogP contribution >= 0.6 is 0 Å². The predicted octanol–water partition coefficient (Wildman–Crippen LogP) is 3.75. The van der Waals surface area contributed by atoms with E-state index in [0.717, 1.165) is 18.4 Å². The van der Waals surface area contributed by atoms with Crippen LogP contribution in [0, 0.1) is 18.3 Å². The van der Waals surface area contributed by atoms with E-state index in [0.29, 0.717) is 42.4 Å². The fourth-order valence-corrected chi connectivity index (χ4v) is 3.83. The van der Waals surface area contributed by atoms with Gasteiger partial charge in [0.15, 0.2) is 0 Å². The van der Waals surface area contributed by atoms with Gasteiger partial charge in [-0.2, -0.15) is 5.26 Å². The lowest BCUT2D eigenvalue weighted by Crippen LogP contribution is -2.50. The first-order valence-electron chi connectivity index (χ1n) is 10.9. The number of hydrogen-bond acceptors (Lipinski definition) is 4. The normalized spacial score (nSPS) is 14.5. The summed E-state index contributed by atoms with van der Waals surface area (Å²) in [5, 5.41) is 14.6. The van der Waals surface area contributed by atoms with Gasteiger partial charge >= 0.3 is 6.03 Å². The number of benzene rings is 2. The van der Waals surface area contributed by atoms with Crippen molar-refractivity contribution in [3.05, 3.63) is 64.7 Å². The third-order valence-electron chi connectivity index (χ3n) is 5.99. The van der Waals surface area contributed by atoms with Crippen LogP contribution in [0.5, 0.6) is 0 Å². The minimum Gasteiger partial charge on any atom is -0.339 e. The van der Waals surface area contributed by atoms with Gasteiger partial charge in [-0.15, -0.1) is 0 Å². The standard InChI is InChI=1S/C25H31N5O2/c1-17-4-7-21(14-22(17)28-24(32)29-25(2,3)16-27)23(31)30-12-10-20(11-13-30)19-8-5-18(15-26)6-9-19/h4-9,14,20H,10-13,16,27H2,1-3H3,(H2,28,29,32). The van der Waals surface area contributed by atoms with E-state index in [1.807, 2.05) is 56.0 Å². The monoisotopic (exact) mass is 433 g/mol. The SMILES string of the molecule is Cc1ccc(C(=O)N2CCC(c3ccc(C#N)cc3)CC2)cc1NC(=O)NC(C)(C)CN. The quantitative estimate of drug-likeness (QED) is 0.667. The molecule has 0 radical (unpaired) electrons. The maximum Gasteiger partial charge on any atom is 0.319 e. The second-order valence-electron chi connectivity index (χ2n) is 9.00. The summed E-state index contributed by atoms with van der Waals surface area (Å²) in [7, 11) is 0. The van der Waals surface area contributed by atoms with Gasteiger partial charge in [0, 0.05) is 36.4 Å². The minimum absolute atomic E-state index is 0.0333. The van der Waals surface area contributed by atoms with Crippen LogP contribution in [-0.2, 0) is 0 Å². The van der Waals surface area contributed by atoms with Crippen molar-refractivity contribution in [2.45, 2.75) is 45.1 Å². The number of likely N-dealkylation sites (tertiary alicyclic amines) is 1. The Balaban J connectivity index is 1.63. The van der Waals surface area contributed by atoms with Crippen LogP contribution in [0.15, 0.2) is 42.5 Å². The van der Waals surface area contributed by atoms with Gasteiger partial charge in [-0.3, -0.25) is 4.79 Å². The zero-order valence-electron chi connectivity index (χ0n) is 18.9. The molecule has 32 heavy (non-hydrogen) atoms. The van der Waals surface area contributed by atoms with Crippen LogP contribution in [-0.4, -0.2) is 42.0 Å². The van der Waals surface area contributed by atoms with Gasteiger partial charge in [-0.25, -0.2) is 4.79 Å². The van der Waals surface area contributed by atoms with Crippen molar-refractivity contribution in [1.29, 1.82) is 5.26 Å². The fraction of sp³-hybridized carbons (Fsp3) is 0.400. The lowest BCUT2D eigenvalue weighted by molar-refractivity contribution is 0.0713. The van der Waals surface area contributed by atoms with E-state index in [4.69, 9.17) is 11.0 Å². The van der Waals surface area contributed by atoms with Crippen molar-refractivity contribution in [2.75, 3.05) is 25.0 Å². The van der Waals surface area contributed by atoms with Gasteiger partial charge in [0.1, 0.15) is 0 Å². The molecule has 0 aliphatic carbocycles. The Morgan fingerprint density at radius 1 is 1.16 bits per heavy atom. The molecule has 0 unspecified atom stereocenters. The van der Waals surface area contributed by atoms with E-state index >= 15 is 0 Å². The highest BCUT2D eigenvalue weighted by atomic mass is 16.2. The summed E-state index contributed by atoms with van der Waals surface area (Å²) in [6.07, 6.45) is 1.76. The van der Waals surface area contributed by atoms with E-state index in [9.17, 15) is 9.59 Å². The highest BCUT2D eigenvalue weighted by Gasteiger charge is 2.25. The molecule has 3 rings (SSSR count). The largest absolute Gasteiger partial charge is 0.339 e. The van der Waals surface area contributed by atoms with Crippen LogP contribution in [0.1, 0.15) is 59.7 Å². The van der Waals surface area contributed by atoms with Crippen molar-refractivity contribution in [1.82, 2.24) is 10.2 Å². The zero-order chi connectivity index (χ0) is 23.3. The molecule has 1 saturated heterocycles. The topological polar surface area (TPSA) is 111 Å². The molecule has 0 atom stereocenters. The number of nitrogens with one attached hydrogen (secondary N) is 2. The van der Waals surface area contributed by atoms with Gasteiger partial charge in [0.25, 0.3) is 5.91 Å². The predicted molar refractivity (Wildman–Crippen MR) is 126 cm³/mol. The van der Waals surface area contributed by atoms with Crippen LogP contribution in [0.3, 0.4) is 0 Å². The number of piperidine rings is 1. The molecule has 7 nitrogen and oxygen atoms in total. The molecule has 0 spiro atoms. The summed E-state index contributed by atoms with van der Waals surface area (Å²) < 4.78 is 0. The second-order valence-corrected chi connectivity index (χ2v) is 9.00. The molecule has 168 valence electrons. The van der Waals surface area contributed by atoms with Crippen molar-refractivity contribution in [2.24, 2.45) is 5.73 Å². The Bertz CT molecular complexity index is 1020. The number of urea groups is 1. The van der Waals surface area contributed by atoms with E-state index in [1.165, 1.54) is 5.56 Å². The second kappa shape index (κ2) is 9.84. The van der Waals surface area contributed by atoms with Gasteiger partial charge in [0.05, 0.1) is 11.6 Å². The van der Waals surface area contributed by atoms with Crippen molar-refractivity contribution < 1.29 is 9.59 Å². The average Bonchev–Trinajstić information content (AvgIpc) is 2.80. The van der Waals surface area contributed by atoms with E-state index < -0.39 is 5.54 Å². The van der Waals surface area contributed by atoms with Gasteiger partial charge < -0.3 is 21.3 Å². The molecule has 2 aromatic carbocycles. The Labute approximate surface area is 189 Å². The first-order valence-corrected chi connectivity index (χ1v) is 10.9. The molecule has 3 amide bonds. The van der Waals surface area contributed by atoms with Gasteiger partial charge in [-0.05, 0) is 74.9 Å². The van der Waals surface area contributed by atoms with Gasteiger partial charge in [0.2, 0.25) is 0 Å². The molecule has 4 N–H and O–H groups in total. The smallest absolute Gasteiger partial charge is 0.319 e. The first kappa shape index (κ1) is 23.3. The first-order chi connectivity index (χ1) is 15.2. The number of carbonyl (C=O) groups excluding carboxylic acids is 2. The third kappa shape index (κ3) is 5.65. The van der Waals surface area contributed by atoms with Crippen molar-refractivity contribution in [3.8, 4) is 6.07 Å². The summed E-state index contributed by atoms with van der Waals surface area (Å²) in [5.41, 5.74) is 9.06. The Morgan fingerprint density at radius 3 is 2.41 bits per heavy atom. The zero-order valence-corrected chi connectivity index (χ0v) is 18.9. The molecule has 2 aromatic rings. The highest BCUT2D eigenvalue weighted by Crippen LogP contribution is 2.29. The summed E-state index contributed by atoms with van der Waals surface area (Å²) in [4.78, 5) is 27.3. The molecule has 1 heterocycles. The Morgan fingerprint density at radius 2 is 1.81 bits per heavy atom. The van der Waals surface area contributed by atoms with Crippen molar-refractivity contribution >= 4 is 17.6 Å². The summed E-state index contributed by atoms with van der Waals surface area (Å²) >= 11 is 0. The summed E-state index contributed by atoms with van der Waals surface area (Å²) in [6.45, 7) is 7.25. The third-order valence-corrected chi connectivity index (χ3v) is 5.99. The molecule has 1 aliphatic rings. The molecule has 0 saturated carbocycles. The Kier molecular flexibility index (Phi) is 7.16. The lowest BCUT2D eigenvalue weighted by Gasteiger charge is -2.32. The molecular weight excluding hydrogens is 402 g/mol. The summed E-state index contributed by atoms with van der Waals surface area (Å²) in [6, 6.07) is 14.9. The number of hydrogen-bond donors (Lipinski definition) is 3. The number of anilines is 1. The molecule has 0 bridgehead atoms. The number of rotatable bonds is 5.